The van der Waals surface area contributed by atoms with E-state index in [1.807, 2.05) is 42.5 Å². The lowest BCUT2D eigenvalue weighted by atomic mass is 10.2. The summed E-state index contributed by atoms with van der Waals surface area (Å²) in [5.41, 5.74) is 6.31. The van der Waals surface area contributed by atoms with Gasteiger partial charge in [0.2, 0.25) is 5.91 Å². The Morgan fingerprint density at radius 2 is 2.00 bits per heavy atom. The number of nitrogens with two attached hydrogens (primary N) is 1. The van der Waals surface area contributed by atoms with Crippen molar-refractivity contribution in [2.75, 3.05) is 13.6 Å². The molecule has 0 aromatic heterocycles. The number of hydrogen-bond acceptors (Lipinski definition) is 3. The van der Waals surface area contributed by atoms with Crippen LogP contribution in [0.2, 0.25) is 0 Å². The second-order valence-electron chi connectivity index (χ2n) is 3.16. The molecule has 0 bridgehead atoms. The maximum absolute atomic E-state index is 10.6. The van der Waals surface area contributed by atoms with Gasteiger partial charge in [-0.15, -0.1) is 0 Å². The second kappa shape index (κ2) is 5.02. The minimum absolute atomic E-state index is 0.262. The molecule has 0 saturated carbocycles. The molecule has 1 rings (SSSR count). The third kappa shape index (κ3) is 3.81. The summed E-state index contributed by atoms with van der Waals surface area (Å²) in [4.78, 5) is 11.7. The van der Waals surface area contributed by atoms with Crippen molar-refractivity contribution in [3.8, 4) is 0 Å². The van der Waals surface area contributed by atoms with Crippen molar-refractivity contribution < 1.29 is 4.79 Å². The van der Waals surface area contributed by atoms with Gasteiger partial charge in [-0.05, 0) is 38.1 Å². The number of carbonyl (C=O) groups excluding carboxylic acids is 1. The van der Waals surface area contributed by atoms with E-state index in [1.54, 1.807) is 0 Å². The number of amides is 1. The second-order valence-corrected chi connectivity index (χ2v) is 4.43. The van der Waals surface area contributed by atoms with Gasteiger partial charge in [-0.2, -0.15) is 0 Å². The first-order valence-electron chi connectivity index (χ1n) is 4.32. The van der Waals surface area contributed by atoms with E-state index >= 15 is 0 Å². The Kier molecular flexibility index (Phi) is 3.98. The molecule has 0 aliphatic heterocycles. The highest BCUT2D eigenvalue weighted by Gasteiger charge is 2.03. The summed E-state index contributed by atoms with van der Waals surface area (Å²) in [6.07, 6.45) is 0. The van der Waals surface area contributed by atoms with Crippen LogP contribution >= 0.6 is 11.9 Å². The zero-order chi connectivity index (χ0) is 10.6. The van der Waals surface area contributed by atoms with Crippen LogP contribution in [0.5, 0.6) is 0 Å². The van der Waals surface area contributed by atoms with Gasteiger partial charge >= 0.3 is 0 Å². The zero-order valence-electron chi connectivity index (χ0n) is 8.36. The molecule has 14 heavy (non-hydrogen) atoms. The van der Waals surface area contributed by atoms with E-state index in [0.29, 0.717) is 0 Å². The monoisotopic (exact) mass is 210 g/mol. The Hall–Kier alpha value is -1.00. The highest BCUT2D eigenvalue weighted by Crippen LogP contribution is 2.20. The van der Waals surface area contributed by atoms with Crippen LogP contribution in [-0.4, -0.2) is 23.8 Å². The molecule has 0 fully saturated rings. The van der Waals surface area contributed by atoms with E-state index in [-0.39, 0.29) is 12.5 Å². The Bertz CT molecular complexity index is 310. The van der Waals surface area contributed by atoms with Gasteiger partial charge in [0.15, 0.2) is 0 Å². The zero-order valence-corrected chi connectivity index (χ0v) is 9.17. The number of rotatable bonds is 4. The molecule has 0 spiro atoms. The normalized spacial score (nSPS) is 10.5. The molecule has 0 heterocycles. The van der Waals surface area contributed by atoms with Crippen molar-refractivity contribution in [1.29, 1.82) is 0 Å². The number of benzene rings is 1. The average Bonchev–Trinajstić information content (AvgIpc) is 2.07. The molecule has 0 unspecified atom stereocenters. The Morgan fingerprint density at radius 3 is 2.50 bits per heavy atom. The summed E-state index contributed by atoms with van der Waals surface area (Å²) < 4.78 is 1.81. The van der Waals surface area contributed by atoms with Crippen molar-refractivity contribution in [2.45, 2.75) is 11.8 Å². The van der Waals surface area contributed by atoms with Crippen LogP contribution in [0.4, 0.5) is 0 Å². The third-order valence-corrected chi connectivity index (χ3v) is 2.58. The van der Waals surface area contributed by atoms with Crippen molar-refractivity contribution in [3.05, 3.63) is 29.8 Å². The Balaban J connectivity index is 2.51. The highest BCUT2D eigenvalue weighted by molar-refractivity contribution is 7.97. The molecule has 0 aliphatic carbocycles. The molecule has 76 valence electrons. The van der Waals surface area contributed by atoms with E-state index in [4.69, 9.17) is 5.73 Å². The summed E-state index contributed by atoms with van der Waals surface area (Å²) in [7, 11) is 1.84. The minimum atomic E-state index is -0.313. The van der Waals surface area contributed by atoms with Crippen molar-refractivity contribution in [1.82, 2.24) is 4.31 Å². The Morgan fingerprint density at radius 1 is 1.43 bits per heavy atom. The summed E-state index contributed by atoms with van der Waals surface area (Å²) in [6.45, 7) is 2.31. The van der Waals surface area contributed by atoms with Crippen LogP contribution < -0.4 is 5.73 Å². The van der Waals surface area contributed by atoms with Gasteiger partial charge in [0.05, 0.1) is 6.54 Å². The number of nitrogens with zero attached hydrogens (tertiary/aromatic N) is 1. The van der Waals surface area contributed by atoms with E-state index in [1.165, 1.54) is 17.5 Å². The summed E-state index contributed by atoms with van der Waals surface area (Å²) in [5.74, 6) is -0.313. The van der Waals surface area contributed by atoms with Crippen LogP contribution in [0.15, 0.2) is 29.2 Å². The standard InChI is InChI=1S/C10H14N2OS/c1-8-3-5-9(6-4-8)14-12(2)7-10(11)13/h3-6H,7H2,1-2H3,(H2,11,13). The number of likely N-dealkylation sites (N-methyl/N-ethyl adjacent to an activating group) is 1. The van der Waals surface area contributed by atoms with Crippen LogP contribution in [0.1, 0.15) is 5.56 Å². The van der Waals surface area contributed by atoms with Gasteiger partial charge in [0.25, 0.3) is 0 Å². The minimum Gasteiger partial charge on any atom is -0.369 e. The molecule has 1 amide bonds. The lowest BCUT2D eigenvalue weighted by molar-refractivity contribution is -0.117. The molecule has 0 radical (unpaired) electrons. The topological polar surface area (TPSA) is 46.3 Å². The molecule has 0 saturated heterocycles. The smallest absolute Gasteiger partial charge is 0.232 e. The molecular weight excluding hydrogens is 196 g/mol. The van der Waals surface area contributed by atoms with Crippen LogP contribution in [-0.2, 0) is 4.79 Å². The number of primary amides is 1. The lowest BCUT2D eigenvalue weighted by Gasteiger charge is -2.12. The lowest BCUT2D eigenvalue weighted by Crippen LogP contribution is -2.25. The Labute approximate surface area is 88.4 Å². The van der Waals surface area contributed by atoms with E-state index in [9.17, 15) is 4.79 Å². The fourth-order valence-electron chi connectivity index (χ4n) is 1.03. The fourth-order valence-corrected chi connectivity index (χ4v) is 1.84. The van der Waals surface area contributed by atoms with Gasteiger partial charge in [0.1, 0.15) is 0 Å². The predicted octanol–water partition coefficient (Wildman–Crippen LogP) is 1.42. The summed E-state index contributed by atoms with van der Waals surface area (Å²) in [5, 5.41) is 0. The van der Waals surface area contributed by atoms with Gasteiger partial charge < -0.3 is 5.73 Å². The van der Waals surface area contributed by atoms with Crippen LogP contribution in [0, 0.1) is 6.92 Å². The van der Waals surface area contributed by atoms with Gasteiger partial charge in [-0.3, -0.25) is 4.79 Å². The van der Waals surface area contributed by atoms with Crippen LogP contribution in [0.25, 0.3) is 0 Å². The molecule has 1 aromatic rings. The number of carbonyl (C=O) groups is 1. The third-order valence-electron chi connectivity index (χ3n) is 1.66. The van der Waals surface area contributed by atoms with E-state index < -0.39 is 0 Å². The van der Waals surface area contributed by atoms with Crippen molar-refractivity contribution in [2.24, 2.45) is 5.73 Å². The number of hydrogen-bond donors (Lipinski definition) is 1. The molecule has 3 nitrogen and oxygen atoms in total. The summed E-state index contributed by atoms with van der Waals surface area (Å²) in [6, 6.07) is 8.13. The largest absolute Gasteiger partial charge is 0.369 e. The van der Waals surface area contributed by atoms with Gasteiger partial charge in [-0.1, -0.05) is 17.7 Å². The predicted molar refractivity (Wildman–Crippen MR) is 58.9 cm³/mol. The first-order chi connectivity index (χ1) is 6.58. The van der Waals surface area contributed by atoms with Gasteiger partial charge in [0, 0.05) is 4.90 Å². The average molecular weight is 210 g/mol. The molecular formula is C10H14N2OS. The first kappa shape index (κ1) is 11.1. The van der Waals surface area contributed by atoms with Crippen LogP contribution in [0.3, 0.4) is 0 Å². The number of aryl methyl sites for hydroxylation is 1. The molecule has 4 heteroatoms. The maximum atomic E-state index is 10.6. The fraction of sp³-hybridized carbons (Fsp3) is 0.300. The molecule has 0 aliphatic rings. The highest BCUT2D eigenvalue weighted by atomic mass is 32.2. The van der Waals surface area contributed by atoms with E-state index in [2.05, 4.69) is 0 Å². The quantitative estimate of drug-likeness (QED) is 0.764. The van der Waals surface area contributed by atoms with Crippen molar-refractivity contribution in [3.63, 3.8) is 0 Å². The first-order valence-corrected chi connectivity index (χ1v) is 5.09. The molecule has 1 aromatic carbocycles. The SMILES string of the molecule is Cc1ccc(SN(C)CC(N)=O)cc1. The molecule has 2 N–H and O–H groups in total. The summed E-state index contributed by atoms with van der Waals surface area (Å²) >= 11 is 1.51. The van der Waals surface area contributed by atoms with E-state index in [0.717, 1.165) is 4.90 Å². The maximum Gasteiger partial charge on any atom is 0.232 e. The molecule has 0 atom stereocenters. The van der Waals surface area contributed by atoms with Gasteiger partial charge in [-0.25, -0.2) is 4.31 Å². The van der Waals surface area contributed by atoms with Crippen molar-refractivity contribution >= 4 is 17.9 Å².